The van der Waals surface area contributed by atoms with Gasteiger partial charge in [0.05, 0.1) is 0 Å². The van der Waals surface area contributed by atoms with Crippen LogP contribution in [0.3, 0.4) is 0 Å². The van der Waals surface area contributed by atoms with E-state index in [-0.39, 0.29) is 5.91 Å². The topological polar surface area (TPSA) is 87.7 Å². The molecule has 0 bridgehead atoms. The number of amides is 2. The molecule has 0 aliphatic heterocycles. The van der Waals surface area contributed by atoms with Crippen molar-refractivity contribution in [3.8, 4) is 0 Å². The van der Waals surface area contributed by atoms with E-state index in [1.807, 2.05) is 20.8 Å². The first-order chi connectivity index (χ1) is 11.8. The molecule has 0 atom stereocenters. The predicted molar refractivity (Wildman–Crippen MR) is 101 cm³/mol. The number of rotatable bonds is 14. The molecular formula is C19H38N2O4. The van der Waals surface area contributed by atoms with Crippen LogP contribution in [0.15, 0.2) is 0 Å². The van der Waals surface area contributed by atoms with Gasteiger partial charge in [-0.1, -0.05) is 44.9 Å². The van der Waals surface area contributed by atoms with Gasteiger partial charge in [-0.15, -0.1) is 0 Å². The SMILES string of the molecule is CC(C)(C)OC(=O)NCCNC(=O)CCCCCCCCCCCO. The van der Waals surface area contributed by atoms with Crippen molar-refractivity contribution >= 4 is 12.0 Å². The third-order valence-corrected chi connectivity index (χ3v) is 3.68. The van der Waals surface area contributed by atoms with Crippen LogP contribution in [0.4, 0.5) is 4.79 Å². The number of carbonyl (C=O) groups excluding carboxylic acids is 2. The van der Waals surface area contributed by atoms with Crippen LogP contribution in [0.25, 0.3) is 0 Å². The van der Waals surface area contributed by atoms with Gasteiger partial charge in [-0.3, -0.25) is 4.79 Å². The molecule has 0 aromatic rings. The molecule has 0 heterocycles. The van der Waals surface area contributed by atoms with Crippen LogP contribution in [0.2, 0.25) is 0 Å². The Hall–Kier alpha value is -1.30. The minimum absolute atomic E-state index is 0.0370. The monoisotopic (exact) mass is 358 g/mol. The number of nitrogens with one attached hydrogen (secondary N) is 2. The Bertz CT molecular complexity index is 354. The van der Waals surface area contributed by atoms with Gasteiger partial charge in [-0.2, -0.15) is 0 Å². The highest BCUT2D eigenvalue weighted by molar-refractivity contribution is 5.75. The van der Waals surface area contributed by atoms with Gasteiger partial charge in [0.25, 0.3) is 0 Å². The Morgan fingerprint density at radius 1 is 0.800 bits per heavy atom. The molecule has 148 valence electrons. The summed E-state index contributed by atoms with van der Waals surface area (Å²) in [5.74, 6) is 0.0370. The summed E-state index contributed by atoms with van der Waals surface area (Å²) < 4.78 is 5.11. The van der Waals surface area contributed by atoms with E-state index in [4.69, 9.17) is 9.84 Å². The Balaban J connectivity index is 3.35. The van der Waals surface area contributed by atoms with Gasteiger partial charge in [0.2, 0.25) is 5.91 Å². The molecule has 0 unspecified atom stereocenters. The van der Waals surface area contributed by atoms with Crippen molar-refractivity contribution in [1.82, 2.24) is 10.6 Å². The number of hydrogen-bond donors (Lipinski definition) is 3. The Morgan fingerprint density at radius 2 is 1.28 bits per heavy atom. The van der Waals surface area contributed by atoms with Crippen molar-refractivity contribution in [2.75, 3.05) is 19.7 Å². The number of ether oxygens (including phenoxy) is 1. The quantitative estimate of drug-likeness (QED) is 0.415. The molecule has 6 heteroatoms. The minimum Gasteiger partial charge on any atom is -0.444 e. The zero-order valence-electron chi connectivity index (χ0n) is 16.4. The molecule has 6 nitrogen and oxygen atoms in total. The predicted octanol–water partition coefficient (Wildman–Crippen LogP) is 3.52. The lowest BCUT2D eigenvalue weighted by molar-refractivity contribution is -0.121. The van der Waals surface area contributed by atoms with Gasteiger partial charge >= 0.3 is 6.09 Å². The van der Waals surface area contributed by atoms with Gasteiger partial charge in [0.15, 0.2) is 0 Å². The lowest BCUT2D eigenvalue weighted by Gasteiger charge is -2.19. The van der Waals surface area contributed by atoms with Crippen LogP contribution >= 0.6 is 0 Å². The summed E-state index contributed by atoms with van der Waals surface area (Å²) in [7, 11) is 0. The number of unbranched alkanes of at least 4 members (excludes halogenated alkanes) is 8. The summed E-state index contributed by atoms with van der Waals surface area (Å²) in [5, 5.41) is 14.1. The van der Waals surface area contributed by atoms with Gasteiger partial charge in [-0.05, 0) is 33.6 Å². The Morgan fingerprint density at radius 3 is 1.80 bits per heavy atom. The van der Waals surface area contributed by atoms with Crippen LogP contribution in [-0.4, -0.2) is 42.4 Å². The van der Waals surface area contributed by atoms with Crippen molar-refractivity contribution in [3.63, 3.8) is 0 Å². The third kappa shape index (κ3) is 18.9. The van der Waals surface area contributed by atoms with Crippen molar-refractivity contribution < 1.29 is 19.4 Å². The average Bonchev–Trinajstić information content (AvgIpc) is 2.51. The molecule has 2 amide bonds. The number of aliphatic hydroxyl groups excluding tert-OH is 1. The second-order valence-electron chi connectivity index (χ2n) is 7.43. The first-order valence-electron chi connectivity index (χ1n) is 9.69. The minimum atomic E-state index is -0.507. The van der Waals surface area contributed by atoms with Gasteiger partial charge < -0.3 is 20.5 Å². The smallest absolute Gasteiger partial charge is 0.407 e. The zero-order chi connectivity index (χ0) is 19.0. The molecule has 0 saturated heterocycles. The van der Waals surface area contributed by atoms with E-state index in [0.717, 1.165) is 25.7 Å². The summed E-state index contributed by atoms with van der Waals surface area (Å²) in [4.78, 5) is 23.1. The summed E-state index contributed by atoms with van der Waals surface area (Å²) in [5.41, 5.74) is -0.507. The fraction of sp³-hybridized carbons (Fsp3) is 0.895. The number of aliphatic hydroxyl groups is 1. The normalized spacial score (nSPS) is 11.2. The van der Waals surface area contributed by atoms with E-state index in [1.165, 1.54) is 32.1 Å². The lowest BCUT2D eigenvalue weighted by atomic mass is 10.1. The van der Waals surface area contributed by atoms with E-state index in [1.54, 1.807) is 0 Å². The number of alkyl carbamates (subject to hydrolysis) is 1. The maximum Gasteiger partial charge on any atom is 0.407 e. The van der Waals surface area contributed by atoms with E-state index < -0.39 is 11.7 Å². The third-order valence-electron chi connectivity index (χ3n) is 3.68. The van der Waals surface area contributed by atoms with Crippen LogP contribution < -0.4 is 10.6 Å². The van der Waals surface area contributed by atoms with Gasteiger partial charge in [0.1, 0.15) is 5.60 Å². The molecule has 3 N–H and O–H groups in total. The van der Waals surface area contributed by atoms with Gasteiger partial charge in [-0.25, -0.2) is 4.79 Å². The van der Waals surface area contributed by atoms with Crippen LogP contribution in [0.1, 0.15) is 85.0 Å². The zero-order valence-corrected chi connectivity index (χ0v) is 16.4. The van der Waals surface area contributed by atoms with Crippen molar-refractivity contribution in [2.24, 2.45) is 0 Å². The highest BCUT2D eigenvalue weighted by Crippen LogP contribution is 2.10. The molecular weight excluding hydrogens is 320 g/mol. The maximum absolute atomic E-state index is 11.7. The summed E-state index contributed by atoms with van der Waals surface area (Å²) in [6.45, 7) is 6.53. The van der Waals surface area contributed by atoms with Crippen LogP contribution in [-0.2, 0) is 9.53 Å². The lowest BCUT2D eigenvalue weighted by Crippen LogP contribution is -2.37. The maximum atomic E-state index is 11.7. The van der Waals surface area contributed by atoms with Crippen molar-refractivity contribution in [2.45, 2.75) is 90.6 Å². The Kier molecular flexibility index (Phi) is 14.2. The average molecular weight is 359 g/mol. The second-order valence-corrected chi connectivity index (χ2v) is 7.43. The summed E-state index contributed by atoms with van der Waals surface area (Å²) >= 11 is 0. The molecule has 25 heavy (non-hydrogen) atoms. The van der Waals surface area contributed by atoms with E-state index >= 15 is 0 Å². The van der Waals surface area contributed by atoms with Crippen molar-refractivity contribution in [3.05, 3.63) is 0 Å². The molecule has 0 radical (unpaired) electrons. The largest absolute Gasteiger partial charge is 0.444 e. The fourth-order valence-electron chi connectivity index (χ4n) is 2.40. The number of carbonyl (C=O) groups is 2. The van der Waals surface area contributed by atoms with Crippen LogP contribution in [0.5, 0.6) is 0 Å². The molecule has 0 rings (SSSR count). The van der Waals surface area contributed by atoms with Crippen LogP contribution in [0, 0.1) is 0 Å². The van der Waals surface area contributed by atoms with E-state index in [0.29, 0.717) is 26.1 Å². The molecule has 0 saturated carbocycles. The van der Waals surface area contributed by atoms with Gasteiger partial charge in [0, 0.05) is 26.1 Å². The number of hydrogen-bond acceptors (Lipinski definition) is 4. The first kappa shape index (κ1) is 23.7. The molecule has 0 aromatic heterocycles. The second kappa shape index (κ2) is 15.0. The highest BCUT2D eigenvalue weighted by atomic mass is 16.6. The van der Waals surface area contributed by atoms with E-state index in [9.17, 15) is 9.59 Å². The standard InChI is InChI=1S/C19H38N2O4/c1-19(2,3)25-18(24)21-15-14-20-17(23)13-11-9-7-5-4-6-8-10-12-16-22/h22H,4-16H2,1-3H3,(H,20,23)(H,21,24). The molecule has 0 spiro atoms. The fourth-order valence-corrected chi connectivity index (χ4v) is 2.40. The first-order valence-corrected chi connectivity index (χ1v) is 9.69. The van der Waals surface area contributed by atoms with Crippen molar-refractivity contribution in [1.29, 1.82) is 0 Å². The molecule has 0 fully saturated rings. The molecule has 0 aliphatic rings. The molecule has 0 aliphatic carbocycles. The Labute approximate surface area is 153 Å². The summed E-state index contributed by atoms with van der Waals surface area (Å²) in [6, 6.07) is 0. The summed E-state index contributed by atoms with van der Waals surface area (Å²) in [6.07, 6.45) is 10.2. The molecule has 0 aromatic carbocycles. The highest BCUT2D eigenvalue weighted by Gasteiger charge is 2.15. The van der Waals surface area contributed by atoms with E-state index in [2.05, 4.69) is 10.6 Å².